The summed E-state index contributed by atoms with van der Waals surface area (Å²) in [6.45, 7) is 6.67. The molecule has 106 valence electrons. The Morgan fingerprint density at radius 3 is 2.50 bits per heavy atom. The number of rotatable bonds is 6. The van der Waals surface area contributed by atoms with Gasteiger partial charge in [0.05, 0.1) is 0 Å². The molecule has 0 amide bonds. The van der Waals surface area contributed by atoms with E-state index >= 15 is 0 Å². The van der Waals surface area contributed by atoms with Crippen LogP contribution in [0.15, 0.2) is 11.6 Å². The molecule has 1 heterocycles. The van der Waals surface area contributed by atoms with Crippen molar-refractivity contribution in [3.8, 4) is 0 Å². The molecule has 0 fully saturated rings. The fourth-order valence-electron chi connectivity index (χ4n) is 1.86. The predicted octanol–water partition coefficient (Wildman–Crippen LogP) is 3.37. The van der Waals surface area contributed by atoms with Crippen LogP contribution in [0.3, 0.4) is 0 Å². The van der Waals surface area contributed by atoms with E-state index < -0.39 is 7.60 Å². The molecule has 1 aliphatic rings. The van der Waals surface area contributed by atoms with E-state index in [2.05, 4.69) is 13.8 Å². The fraction of sp³-hybridized carbons (Fsp3) is 0.833. The summed E-state index contributed by atoms with van der Waals surface area (Å²) in [6, 6.07) is 0. The standard InChI is InChI=1S/C12H23O5P/c1-6-16-11-7-10(9(2)3)8-12(17-11)18(13,14-4)15-5/h8-11H,6-7H2,1-5H3/t10-,11-/m0/s1. The lowest BCUT2D eigenvalue weighted by Gasteiger charge is -2.32. The molecule has 1 rings (SSSR count). The Hall–Kier alpha value is -0.350. The summed E-state index contributed by atoms with van der Waals surface area (Å²) in [6.07, 6.45) is 2.21. The molecule has 0 bridgehead atoms. The van der Waals surface area contributed by atoms with Gasteiger partial charge < -0.3 is 18.5 Å². The molecular formula is C12H23O5P. The van der Waals surface area contributed by atoms with Crippen LogP contribution in [0.1, 0.15) is 27.2 Å². The molecule has 2 atom stereocenters. The molecule has 0 spiro atoms. The minimum atomic E-state index is -3.34. The molecule has 5 nitrogen and oxygen atoms in total. The van der Waals surface area contributed by atoms with Crippen molar-refractivity contribution in [2.75, 3.05) is 20.8 Å². The van der Waals surface area contributed by atoms with Crippen LogP contribution < -0.4 is 0 Å². The molecule has 0 aromatic carbocycles. The molecule has 6 heteroatoms. The average Bonchev–Trinajstić information content (AvgIpc) is 2.37. The Morgan fingerprint density at radius 1 is 1.44 bits per heavy atom. The molecule has 0 radical (unpaired) electrons. The van der Waals surface area contributed by atoms with Gasteiger partial charge in [0.1, 0.15) is 0 Å². The third-order valence-electron chi connectivity index (χ3n) is 3.03. The second kappa shape index (κ2) is 6.71. The molecule has 1 aliphatic heterocycles. The normalized spacial score (nSPS) is 24.9. The Labute approximate surface area is 109 Å². The maximum atomic E-state index is 12.3. The first-order chi connectivity index (χ1) is 8.46. The first kappa shape index (κ1) is 15.7. The summed E-state index contributed by atoms with van der Waals surface area (Å²) >= 11 is 0. The monoisotopic (exact) mass is 278 g/mol. The van der Waals surface area contributed by atoms with E-state index in [0.29, 0.717) is 12.5 Å². The van der Waals surface area contributed by atoms with Crippen LogP contribution in [0.5, 0.6) is 0 Å². The highest BCUT2D eigenvalue weighted by Gasteiger charge is 2.37. The van der Waals surface area contributed by atoms with Gasteiger partial charge >= 0.3 is 7.60 Å². The summed E-state index contributed by atoms with van der Waals surface area (Å²) in [5.74, 6) is 0.651. The number of allylic oxidation sites excluding steroid dienone is 1. The van der Waals surface area contributed by atoms with E-state index in [1.807, 2.05) is 13.0 Å². The van der Waals surface area contributed by atoms with Crippen LogP contribution in [0.4, 0.5) is 0 Å². The first-order valence-electron chi connectivity index (χ1n) is 6.19. The SMILES string of the molecule is CCO[C@@H]1C[C@H](C(C)C)C=C(P(=O)(OC)OC)O1. The van der Waals surface area contributed by atoms with Crippen molar-refractivity contribution in [2.24, 2.45) is 11.8 Å². The van der Waals surface area contributed by atoms with Gasteiger partial charge in [-0.1, -0.05) is 13.8 Å². The highest BCUT2D eigenvalue weighted by Crippen LogP contribution is 2.57. The van der Waals surface area contributed by atoms with Gasteiger partial charge in [0.2, 0.25) is 11.8 Å². The van der Waals surface area contributed by atoms with E-state index in [-0.39, 0.29) is 17.7 Å². The molecular weight excluding hydrogens is 255 g/mol. The highest BCUT2D eigenvalue weighted by molar-refractivity contribution is 7.58. The van der Waals surface area contributed by atoms with Gasteiger partial charge in [0, 0.05) is 27.2 Å². The van der Waals surface area contributed by atoms with Crippen LogP contribution in [0.2, 0.25) is 0 Å². The van der Waals surface area contributed by atoms with Gasteiger partial charge in [-0.25, -0.2) is 0 Å². The molecule has 0 unspecified atom stereocenters. The Bertz CT molecular complexity index is 331. The topological polar surface area (TPSA) is 54.0 Å². The van der Waals surface area contributed by atoms with E-state index in [1.165, 1.54) is 14.2 Å². The highest BCUT2D eigenvalue weighted by atomic mass is 31.2. The van der Waals surface area contributed by atoms with Crippen LogP contribution in [0, 0.1) is 11.8 Å². The van der Waals surface area contributed by atoms with E-state index in [1.54, 1.807) is 0 Å². The van der Waals surface area contributed by atoms with Crippen molar-refractivity contribution in [3.63, 3.8) is 0 Å². The summed E-state index contributed by atoms with van der Waals surface area (Å²) in [5, 5.41) is 0. The quantitative estimate of drug-likeness (QED) is 0.697. The van der Waals surface area contributed by atoms with E-state index in [4.69, 9.17) is 18.5 Å². The summed E-state index contributed by atoms with van der Waals surface area (Å²) < 4.78 is 33.3. The molecule has 0 aromatic heterocycles. The first-order valence-corrected chi connectivity index (χ1v) is 7.73. The zero-order chi connectivity index (χ0) is 13.8. The predicted molar refractivity (Wildman–Crippen MR) is 69.2 cm³/mol. The van der Waals surface area contributed by atoms with Crippen LogP contribution >= 0.6 is 7.60 Å². The zero-order valence-corrected chi connectivity index (χ0v) is 12.6. The Morgan fingerprint density at radius 2 is 2.06 bits per heavy atom. The minimum Gasteiger partial charge on any atom is -0.457 e. The van der Waals surface area contributed by atoms with Crippen molar-refractivity contribution < 1.29 is 23.1 Å². The van der Waals surface area contributed by atoms with Gasteiger partial charge in [-0.2, -0.15) is 0 Å². The molecule has 0 aromatic rings. The van der Waals surface area contributed by atoms with Crippen LogP contribution in [-0.2, 0) is 23.1 Å². The molecule has 0 saturated heterocycles. The molecule has 0 N–H and O–H groups in total. The van der Waals surface area contributed by atoms with Crippen molar-refractivity contribution in [1.29, 1.82) is 0 Å². The van der Waals surface area contributed by atoms with Gasteiger partial charge in [0.25, 0.3) is 0 Å². The second-order valence-corrected chi connectivity index (χ2v) is 6.68. The van der Waals surface area contributed by atoms with E-state index in [0.717, 1.165) is 6.42 Å². The van der Waals surface area contributed by atoms with Crippen molar-refractivity contribution in [2.45, 2.75) is 33.5 Å². The number of ether oxygens (including phenoxy) is 2. The van der Waals surface area contributed by atoms with Gasteiger partial charge in [0.15, 0.2) is 0 Å². The minimum absolute atomic E-state index is 0.240. The van der Waals surface area contributed by atoms with Gasteiger partial charge in [-0.15, -0.1) is 0 Å². The second-order valence-electron chi connectivity index (χ2n) is 4.51. The van der Waals surface area contributed by atoms with E-state index in [9.17, 15) is 4.57 Å². The molecule has 18 heavy (non-hydrogen) atoms. The molecule has 0 saturated carbocycles. The summed E-state index contributed by atoms with van der Waals surface area (Å²) in [4.78, 5) is 0. The van der Waals surface area contributed by atoms with Crippen LogP contribution in [-0.4, -0.2) is 27.1 Å². The maximum Gasteiger partial charge on any atom is 0.394 e. The third-order valence-corrected chi connectivity index (χ3v) is 4.79. The maximum absolute atomic E-state index is 12.3. The Balaban J connectivity index is 2.97. The largest absolute Gasteiger partial charge is 0.457 e. The lowest BCUT2D eigenvalue weighted by atomic mass is 9.91. The Kier molecular flexibility index (Phi) is 5.86. The lowest BCUT2D eigenvalue weighted by molar-refractivity contribution is -0.128. The lowest BCUT2D eigenvalue weighted by Crippen LogP contribution is -2.27. The fourth-order valence-corrected chi connectivity index (χ4v) is 2.99. The third kappa shape index (κ3) is 3.58. The van der Waals surface area contributed by atoms with Gasteiger partial charge in [-0.3, -0.25) is 4.57 Å². The summed E-state index contributed by atoms with van der Waals surface area (Å²) in [7, 11) is -0.635. The van der Waals surface area contributed by atoms with Crippen molar-refractivity contribution in [1.82, 2.24) is 0 Å². The van der Waals surface area contributed by atoms with Crippen molar-refractivity contribution >= 4 is 7.60 Å². The average molecular weight is 278 g/mol. The van der Waals surface area contributed by atoms with Crippen molar-refractivity contribution in [3.05, 3.63) is 11.6 Å². The van der Waals surface area contributed by atoms with Gasteiger partial charge in [-0.05, 0) is 24.8 Å². The number of hydrogen-bond donors (Lipinski definition) is 0. The zero-order valence-electron chi connectivity index (χ0n) is 11.7. The smallest absolute Gasteiger partial charge is 0.394 e. The van der Waals surface area contributed by atoms with Crippen LogP contribution in [0.25, 0.3) is 0 Å². The number of hydrogen-bond acceptors (Lipinski definition) is 5. The summed E-state index contributed by atoms with van der Waals surface area (Å²) in [5.41, 5.74) is 0.260. The molecule has 0 aliphatic carbocycles.